The molecule has 108 valence electrons. The zero-order chi connectivity index (χ0) is 14.8. The van der Waals surface area contributed by atoms with Crippen LogP contribution in [-0.4, -0.2) is 15.1 Å². The number of rotatable bonds is 4. The van der Waals surface area contributed by atoms with Crippen LogP contribution in [0.25, 0.3) is 10.2 Å². The van der Waals surface area contributed by atoms with Crippen LogP contribution in [0.2, 0.25) is 0 Å². The number of aromatic hydroxyl groups is 1. The van der Waals surface area contributed by atoms with Crippen molar-refractivity contribution >= 4 is 33.1 Å². The largest absolute Gasteiger partial charge is 0.508 e. The lowest BCUT2D eigenvalue weighted by molar-refractivity contribution is 0.475. The topological polar surface area (TPSA) is 58.0 Å². The summed E-state index contributed by atoms with van der Waals surface area (Å²) in [7, 11) is 0. The number of phenolic OH excluding ortho intramolecular Hbond substituents is 1. The summed E-state index contributed by atoms with van der Waals surface area (Å²) in [5.41, 5.74) is 0.821. The van der Waals surface area contributed by atoms with Gasteiger partial charge in [-0.15, -0.1) is 11.3 Å². The SMILES string of the molecule is CCc1nc(Nc2cccc(O)c2)c2cc(CC)sc2n1. The van der Waals surface area contributed by atoms with Crippen LogP contribution in [0.4, 0.5) is 11.5 Å². The van der Waals surface area contributed by atoms with Crippen molar-refractivity contribution in [2.75, 3.05) is 5.32 Å². The van der Waals surface area contributed by atoms with Crippen LogP contribution in [0.1, 0.15) is 24.5 Å². The third-order valence-corrected chi connectivity index (χ3v) is 4.44. The maximum absolute atomic E-state index is 9.58. The summed E-state index contributed by atoms with van der Waals surface area (Å²) in [6, 6.07) is 9.20. The molecule has 0 bridgehead atoms. The first-order chi connectivity index (χ1) is 10.2. The number of thiophene rings is 1. The Morgan fingerprint density at radius 2 is 2.00 bits per heavy atom. The number of hydrogen-bond acceptors (Lipinski definition) is 5. The third kappa shape index (κ3) is 2.83. The molecule has 0 aliphatic heterocycles. The zero-order valence-corrected chi connectivity index (χ0v) is 12.9. The summed E-state index contributed by atoms with van der Waals surface area (Å²) in [6.07, 6.45) is 1.79. The van der Waals surface area contributed by atoms with E-state index in [0.29, 0.717) is 0 Å². The molecular weight excluding hydrogens is 282 g/mol. The Hall–Kier alpha value is -2.14. The van der Waals surface area contributed by atoms with E-state index in [9.17, 15) is 5.11 Å². The van der Waals surface area contributed by atoms with E-state index in [-0.39, 0.29) is 5.75 Å². The molecular formula is C16H17N3OS. The second-order valence-electron chi connectivity index (χ2n) is 4.80. The number of aryl methyl sites for hydroxylation is 2. The summed E-state index contributed by atoms with van der Waals surface area (Å²) < 4.78 is 0. The summed E-state index contributed by atoms with van der Waals surface area (Å²) in [6.45, 7) is 4.19. The van der Waals surface area contributed by atoms with Crippen LogP contribution in [0.3, 0.4) is 0 Å². The van der Waals surface area contributed by atoms with Crippen molar-refractivity contribution in [3.8, 4) is 5.75 Å². The average Bonchev–Trinajstić information content (AvgIpc) is 2.90. The number of nitrogens with zero attached hydrogens (tertiary/aromatic N) is 2. The molecule has 0 aliphatic rings. The van der Waals surface area contributed by atoms with Crippen LogP contribution in [0.5, 0.6) is 5.75 Å². The number of benzene rings is 1. The Balaban J connectivity index is 2.09. The van der Waals surface area contributed by atoms with Gasteiger partial charge in [0.25, 0.3) is 0 Å². The molecule has 0 atom stereocenters. The summed E-state index contributed by atoms with van der Waals surface area (Å²) in [4.78, 5) is 11.5. The Morgan fingerprint density at radius 1 is 1.14 bits per heavy atom. The van der Waals surface area contributed by atoms with E-state index < -0.39 is 0 Å². The number of aromatic nitrogens is 2. The predicted molar refractivity (Wildman–Crippen MR) is 87.6 cm³/mol. The highest BCUT2D eigenvalue weighted by Gasteiger charge is 2.11. The van der Waals surface area contributed by atoms with Gasteiger partial charge in [-0.3, -0.25) is 0 Å². The van der Waals surface area contributed by atoms with Crippen LogP contribution in [0.15, 0.2) is 30.3 Å². The van der Waals surface area contributed by atoms with E-state index in [1.807, 2.05) is 19.1 Å². The maximum atomic E-state index is 9.58. The maximum Gasteiger partial charge on any atom is 0.142 e. The zero-order valence-electron chi connectivity index (χ0n) is 12.1. The standard InChI is InChI=1S/C16H17N3OS/c1-3-12-9-13-15(17-10-6-5-7-11(20)8-10)18-14(4-2)19-16(13)21-12/h5-9,20H,3-4H2,1-2H3,(H,17,18,19). The fourth-order valence-corrected chi connectivity index (χ4v) is 3.15. The lowest BCUT2D eigenvalue weighted by Crippen LogP contribution is -1.99. The van der Waals surface area contributed by atoms with Crippen molar-refractivity contribution in [1.82, 2.24) is 9.97 Å². The lowest BCUT2D eigenvalue weighted by atomic mass is 10.2. The van der Waals surface area contributed by atoms with Crippen molar-refractivity contribution in [1.29, 1.82) is 0 Å². The molecule has 2 aromatic heterocycles. The molecule has 0 amide bonds. The Kier molecular flexibility index (Phi) is 3.75. The average molecular weight is 299 g/mol. The fourth-order valence-electron chi connectivity index (χ4n) is 2.16. The third-order valence-electron chi connectivity index (χ3n) is 3.26. The molecule has 0 radical (unpaired) electrons. The molecule has 0 fully saturated rings. The van der Waals surface area contributed by atoms with Gasteiger partial charge in [0.15, 0.2) is 0 Å². The second-order valence-corrected chi connectivity index (χ2v) is 5.92. The molecule has 3 rings (SSSR count). The van der Waals surface area contributed by atoms with E-state index in [1.165, 1.54) is 4.88 Å². The predicted octanol–water partition coefficient (Wildman–Crippen LogP) is 4.27. The lowest BCUT2D eigenvalue weighted by Gasteiger charge is -2.08. The van der Waals surface area contributed by atoms with Gasteiger partial charge in [-0.25, -0.2) is 9.97 Å². The number of nitrogens with one attached hydrogen (secondary N) is 1. The van der Waals surface area contributed by atoms with E-state index in [1.54, 1.807) is 23.5 Å². The van der Waals surface area contributed by atoms with Gasteiger partial charge in [-0.2, -0.15) is 0 Å². The molecule has 4 nitrogen and oxygen atoms in total. The first-order valence-corrected chi connectivity index (χ1v) is 7.86. The molecule has 0 saturated heterocycles. The molecule has 0 spiro atoms. The van der Waals surface area contributed by atoms with Gasteiger partial charge in [-0.05, 0) is 24.6 Å². The smallest absolute Gasteiger partial charge is 0.142 e. The summed E-state index contributed by atoms with van der Waals surface area (Å²) in [5, 5.41) is 13.9. The van der Waals surface area contributed by atoms with Gasteiger partial charge in [0.05, 0.1) is 5.39 Å². The number of phenols is 1. The minimum absolute atomic E-state index is 0.237. The Labute approximate surface area is 127 Å². The number of hydrogen-bond donors (Lipinski definition) is 2. The van der Waals surface area contributed by atoms with Crippen molar-refractivity contribution in [3.05, 3.63) is 41.0 Å². The molecule has 3 aromatic rings. The monoisotopic (exact) mass is 299 g/mol. The number of fused-ring (bicyclic) bond motifs is 1. The highest BCUT2D eigenvalue weighted by Crippen LogP contribution is 2.31. The molecule has 2 heterocycles. The Bertz CT molecular complexity index is 782. The van der Waals surface area contributed by atoms with Crippen LogP contribution in [-0.2, 0) is 12.8 Å². The molecule has 5 heteroatoms. The summed E-state index contributed by atoms with van der Waals surface area (Å²) in [5.74, 6) is 1.87. The van der Waals surface area contributed by atoms with Gasteiger partial charge in [0.1, 0.15) is 22.2 Å². The van der Waals surface area contributed by atoms with Crippen molar-refractivity contribution in [3.63, 3.8) is 0 Å². The van der Waals surface area contributed by atoms with Crippen molar-refractivity contribution in [2.45, 2.75) is 26.7 Å². The molecule has 0 aliphatic carbocycles. The molecule has 2 N–H and O–H groups in total. The van der Waals surface area contributed by atoms with E-state index >= 15 is 0 Å². The molecule has 21 heavy (non-hydrogen) atoms. The molecule has 0 unspecified atom stereocenters. The van der Waals surface area contributed by atoms with Gasteiger partial charge in [-0.1, -0.05) is 19.9 Å². The van der Waals surface area contributed by atoms with Gasteiger partial charge >= 0.3 is 0 Å². The van der Waals surface area contributed by atoms with Crippen LogP contribution < -0.4 is 5.32 Å². The molecule has 0 saturated carbocycles. The minimum atomic E-state index is 0.237. The first-order valence-electron chi connectivity index (χ1n) is 7.05. The Morgan fingerprint density at radius 3 is 2.71 bits per heavy atom. The molecule has 1 aromatic carbocycles. The van der Waals surface area contributed by atoms with Gasteiger partial charge in [0.2, 0.25) is 0 Å². The van der Waals surface area contributed by atoms with Crippen molar-refractivity contribution in [2.24, 2.45) is 0 Å². The van der Waals surface area contributed by atoms with Gasteiger partial charge < -0.3 is 10.4 Å². The highest BCUT2D eigenvalue weighted by molar-refractivity contribution is 7.18. The van der Waals surface area contributed by atoms with Gasteiger partial charge in [0, 0.05) is 23.1 Å². The minimum Gasteiger partial charge on any atom is -0.508 e. The summed E-state index contributed by atoms with van der Waals surface area (Å²) >= 11 is 1.71. The first kappa shape index (κ1) is 13.8. The quantitative estimate of drug-likeness (QED) is 0.755. The van der Waals surface area contributed by atoms with E-state index in [0.717, 1.165) is 40.4 Å². The van der Waals surface area contributed by atoms with Crippen LogP contribution in [0, 0.1) is 0 Å². The second kappa shape index (κ2) is 5.69. The van der Waals surface area contributed by atoms with Crippen LogP contribution >= 0.6 is 11.3 Å². The highest BCUT2D eigenvalue weighted by atomic mass is 32.1. The normalized spacial score (nSPS) is 11.0. The van der Waals surface area contributed by atoms with E-state index in [4.69, 9.17) is 0 Å². The van der Waals surface area contributed by atoms with Crippen molar-refractivity contribution < 1.29 is 5.11 Å². The van der Waals surface area contributed by atoms with E-state index in [2.05, 4.69) is 28.3 Å². The fraction of sp³-hybridized carbons (Fsp3) is 0.250. The number of anilines is 2.